The second kappa shape index (κ2) is 6.23. The van der Waals surface area contributed by atoms with Crippen LogP contribution in [0.5, 0.6) is 0 Å². The van der Waals surface area contributed by atoms with Gasteiger partial charge in [0.2, 0.25) is 0 Å². The van der Waals surface area contributed by atoms with Crippen molar-refractivity contribution in [2.24, 2.45) is 5.73 Å². The average Bonchev–Trinajstić information content (AvgIpc) is 2.38. The van der Waals surface area contributed by atoms with Crippen molar-refractivity contribution in [3.63, 3.8) is 0 Å². The van der Waals surface area contributed by atoms with E-state index in [2.05, 4.69) is 64.1 Å². The van der Waals surface area contributed by atoms with Gasteiger partial charge in [-0.05, 0) is 68.4 Å². The number of benzene rings is 2. The van der Waals surface area contributed by atoms with Gasteiger partial charge in [0.1, 0.15) is 0 Å². The van der Waals surface area contributed by atoms with Gasteiger partial charge in [-0.3, -0.25) is 0 Å². The minimum atomic E-state index is 0.176. The lowest BCUT2D eigenvalue weighted by atomic mass is 9.92. The first-order valence-corrected chi connectivity index (χ1v) is 7.34. The number of hydrogen-bond donors (Lipinski definition) is 1. The zero-order chi connectivity index (χ0) is 14.7. The summed E-state index contributed by atoms with van der Waals surface area (Å²) in [5, 5.41) is 0. The Hall–Kier alpha value is -1.60. The topological polar surface area (TPSA) is 26.0 Å². The Labute approximate surface area is 122 Å². The fourth-order valence-electron chi connectivity index (χ4n) is 2.81. The van der Waals surface area contributed by atoms with Crippen LogP contribution in [-0.4, -0.2) is 6.04 Å². The Morgan fingerprint density at radius 2 is 1.50 bits per heavy atom. The molecule has 1 unspecified atom stereocenters. The normalized spacial score (nSPS) is 12.4. The van der Waals surface area contributed by atoms with Crippen LogP contribution in [0.2, 0.25) is 0 Å². The molecule has 0 spiro atoms. The molecule has 0 heterocycles. The summed E-state index contributed by atoms with van der Waals surface area (Å²) in [6.07, 6.45) is 1.90. The summed E-state index contributed by atoms with van der Waals surface area (Å²) in [4.78, 5) is 0. The van der Waals surface area contributed by atoms with E-state index in [-0.39, 0.29) is 6.04 Å². The Kier molecular flexibility index (Phi) is 4.61. The van der Waals surface area contributed by atoms with Gasteiger partial charge in [-0.25, -0.2) is 0 Å². The molecule has 0 aliphatic heterocycles. The fourth-order valence-corrected chi connectivity index (χ4v) is 2.81. The molecule has 1 nitrogen and oxygen atoms in total. The first-order valence-electron chi connectivity index (χ1n) is 7.34. The smallest absolute Gasteiger partial charge is 0.0120 e. The number of nitrogens with two attached hydrogens (primary N) is 1. The summed E-state index contributed by atoms with van der Waals surface area (Å²) in [5.41, 5.74) is 14.5. The summed E-state index contributed by atoms with van der Waals surface area (Å²) in [7, 11) is 0. The zero-order valence-electron chi connectivity index (χ0n) is 13.0. The molecule has 2 aromatic carbocycles. The van der Waals surface area contributed by atoms with Gasteiger partial charge in [0.15, 0.2) is 0 Å². The maximum Gasteiger partial charge on any atom is 0.0120 e. The van der Waals surface area contributed by atoms with E-state index in [4.69, 9.17) is 5.73 Å². The summed E-state index contributed by atoms with van der Waals surface area (Å²) in [5.74, 6) is 0. The van der Waals surface area contributed by atoms with E-state index in [1.807, 2.05) is 0 Å². The van der Waals surface area contributed by atoms with Crippen LogP contribution < -0.4 is 5.73 Å². The standard InChI is InChI=1S/C19H25N/c1-13-8-9-14(2)17(10-13)11-18(20)12-19-15(3)6-5-7-16(19)4/h5-10,18H,11-12,20H2,1-4H3. The van der Waals surface area contributed by atoms with Crippen molar-refractivity contribution in [1.82, 2.24) is 0 Å². The lowest BCUT2D eigenvalue weighted by Gasteiger charge is -2.17. The highest BCUT2D eigenvalue weighted by atomic mass is 14.6. The number of aryl methyl sites for hydroxylation is 4. The molecule has 0 saturated heterocycles. The number of hydrogen-bond acceptors (Lipinski definition) is 1. The van der Waals surface area contributed by atoms with Crippen LogP contribution in [0.3, 0.4) is 0 Å². The third kappa shape index (κ3) is 3.49. The minimum Gasteiger partial charge on any atom is -0.327 e. The molecule has 1 atom stereocenters. The number of rotatable bonds is 4. The Balaban J connectivity index is 2.13. The summed E-state index contributed by atoms with van der Waals surface area (Å²) in [6.45, 7) is 8.65. The minimum absolute atomic E-state index is 0.176. The lowest BCUT2D eigenvalue weighted by Crippen LogP contribution is -2.26. The predicted molar refractivity (Wildman–Crippen MR) is 87.2 cm³/mol. The molecule has 0 bridgehead atoms. The van der Waals surface area contributed by atoms with Gasteiger partial charge in [0, 0.05) is 6.04 Å². The van der Waals surface area contributed by atoms with E-state index in [9.17, 15) is 0 Å². The highest BCUT2D eigenvalue weighted by Crippen LogP contribution is 2.18. The van der Waals surface area contributed by atoms with Crippen molar-refractivity contribution in [2.45, 2.75) is 46.6 Å². The van der Waals surface area contributed by atoms with Gasteiger partial charge in [-0.15, -0.1) is 0 Å². The fraction of sp³-hybridized carbons (Fsp3) is 0.368. The zero-order valence-corrected chi connectivity index (χ0v) is 13.0. The molecule has 0 saturated carbocycles. The monoisotopic (exact) mass is 267 g/mol. The summed E-state index contributed by atoms with van der Waals surface area (Å²) < 4.78 is 0. The third-order valence-electron chi connectivity index (χ3n) is 4.10. The van der Waals surface area contributed by atoms with E-state index in [0.29, 0.717) is 0 Å². The molecule has 2 aromatic rings. The third-order valence-corrected chi connectivity index (χ3v) is 4.10. The van der Waals surface area contributed by atoms with Crippen LogP contribution in [0.25, 0.3) is 0 Å². The van der Waals surface area contributed by atoms with Crippen LogP contribution in [0.4, 0.5) is 0 Å². The molecule has 2 N–H and O–H groups in total. The molecule has 0 fully saturated rings. The second-order valence-corrected chi connectivity index (χ2v) is 5.97. The molecular weight excluding hydrogens is 242 g/mol. The molecule has 1 heteroatoms. The Morgan fingerprint density at radius 1 is 0.850 bits per heavy atom. The van der Waals surface area contributed by atoms with Crippen LogP contribution in [0.15, 0.2) is 36.4 Å². The Bertz CT molecular complexity index is 578. The summed E-state index contributed by atoms with van der Waals surface area (Å²) >= 11 is 0. The van der Waals surface area contributed by atoms with Crippen LogP contribution in [-0.2, 0) is 12.8 Å². The van der Waals surface area contributed by atoms with Crippen LogP contribution >= 0.6 is 0 Å². The molecule has 0 aromatic heterocycles. The van der Waals surface area contributed by atoms with Gasteiger partial charge in [-0.2, -0.15) is 0 Å². The van der Waals surface area contributed by atoms with E-state index in [1.54, 1.807) is 0 Å². The van der Waals surface area contributed by atoms with Gasteiger partial charge in [-0.1, -0.05) is 42.0 Å². The molecule has 0 amide bonds. The highest BCUT2D eigenvalue weighted by molar-refractivity contribution is 5.35. The van der Waals surface area contributed by atoms with Crippen molar-refractivity contribution in [3.8, 4) is 0 Å². The SMILES string of the molecule is Cc1ccc(C)c(CC(N)Cc2c(C)cccc2C)c1. The summed E-state index contributed by atoms with van der Waals surface area (Å²) in [6, 6.07) is 13.3. The first-order chi connectivity index (χ1) is 9.47. The van der Waals surface area contributed by atoms with Gasteiger partial charge in [0.05, 0.1) is 0 Å². The first kappa shape index (κ1) is 14.8. The molecule has 106 valence electrons. The van der Waals surface area contributed by atoms with Crippen molar-refractivity contribution in [1.29, 1.82) is 0 Å². The maximum atomic E-state index is 6.39. The van der Waals surface area contributed by atoms with Gasteiger partial charge >= 0.3 is 0 Å². The van der Waals surface area contributed by atoms with E-state index in [1.165, 1.54) is 33.4 Å². The van der Waals surface area contributed by atoms with Crippen molar-refractivity contribution in [3.05, 3.63) is 69.8 Å². The molecular formula is C19H25N. The predicted octanol–water partition coefficient (Wildman–Crippen LogP) is 4.03. The highest BCUT2D eigenvalue weighted by Gasteiger charge is 2.11. The van der Waals surface area contributed by atoms with Gasteiger partial charge < -0.3 is 5.73 Å². The van der Waals surface area contributed by atoms with Crippen molar-refractivity contribution < 1.29 is 0 Å². The van der Waals surface area contributed by atoms with E-state index < -0.39 is 0 Å². The second-order valence-electron chi connectivity index (χ2n) is 5.97. The van der Waals surface area contributed by atoms with Gasteiger partial charge in [0.25, 0.3) is 0 Å². The maximum absolute atomic E-state index is 6.39. The average molecular weight is 267 g/mol. The molecule has 20 heavy (non-hydrogen) atoms. The van der Waals surface area contributed by atoms with Crippen molar-refractivity contribution >= 4 is 0 Å². The molecule has 2 rings (SSSR count). The van der Waals surface area contributed by atoms with Crippen LogP contribution in [0.1, 0.15) is 33.4 Å². The largest absolute Gasteiger partial charge is 0.327 e. The van der Waals surface area contributed by atoms with Crippen LogP contribution in [0, 0.1) is 27.7 Å². The van der Waals surface area contributed by atoms with Crippen molar-refractivity contribution in [2.75, 3.05) is 0 Å². The molecule has 0 aliphatic rings. The van der Waals surface area contributed by atoms with E-state index in [0.717, 1.165) is 12.8 Å². The molecule has 0 aliphatic carbocycles. The Morgan fingerprint density at radius 3 is 2.15 bits per heavy atom. The lowest BCUT2D eigenvalue weighted by molar-refractivity contribution is 0.658. The quantitative estimate of drug-likeness (QED) is 0.889. The molecule has 0 radical (unpaired) electrons. The van der Waals surface area contributed by atoms with E-state index >= 15 is 0 Å².